The van der Waals surface area contributed by atoms with Crippen LogP contribution in [0.5, 0.6) is 5.75 Å². The number of benzene rings is 1. The predicted molar refractivity (Wildman–Crippen MR) is 81.7 cm³/mol. The highest BCUT2D eigenvalue weighted by Gasteiger charge is 2.08. The maximum Gasteiger partial charge on any atom is 0.119 e. The lowest BCUT2D eigenvalue weighted by molar-refractivity contribution is 0.199. The molecule has 1 aromatic carbocycles. The topological polar surface area (TPSA) is 12.5 Å². The van der Waals surface area contributed by atoms with Gasteiger partial charge in [-0.1, -0.05) is 34.1 Å². The van der Waals surface area contributed by atoms with Crippen molar-refractivity contribution in [2.75, 3.05) is 25.0 Å². The molecule has 0 aliphatic rings. The number of rotatable bonds is 9. The lowest BCUT2D eigenvalue weighted by Crippen LogP contribution is -2.33. The van der Waals surface area contributed by atoms with Gasteiger partial charge in [-0.05, 0) is 45.4 Å². The molecule has 3 heteroatoms. The first-order valence-electron chi connectivity index (χ1n) is 6.72. The van der Waals surface area contributed by atoms with Gasteiger partial charge in [0, 0.05) is 17.9 Å². The summed E-state index contributed by atoms with van der Waals surface area (Å²) in [5.41, 5.74) is 0. The van der Waals surface area contributed by atoms with E-state index in [4.69, 9.17) is 4.74 Å². The third kappa shape index (κ3) is 6.41. The number of alkyl halides is 1. The number of ether oxygens (including phenoxy) is 1. The summed E-state index contributed by atoms with van der Waals surface area (Å²) in [5.74, 6) is 0.967. The molecule has 0 saturated carbocycles. The van der Waals surface area contributed by atoms with Crippen molar-refractivity contribution >= 4 is 15.9 Å². The minimum absolute atomic E-state index is 0.612. The van der Waals surface area contributed by atoms with Crippen LogP contribution in [0.2, 0.25) is 0 Å². The monoisotopic (exact) mass is 313 g/mol. The first kappa shape index (κ1) is 15.5. The van der Waals surface area contributed by atoms with Gasteiger partial charge in [-0.3, -0.25) is 0 Å². The molecule has 0 amide bonds. The quantitative estimate of drug-likeness (QED) is 0.505. The van der Waals surface area contributed by atoms with E-state index < -0.39 is 0 Å². The summed E-state index contributed by atoms with van der Waals surface area (Å²) in [4.78, 5) is 2.51. The third-order valence-electron chi connectivity index (χ3n) is 2.91. The average molecular weight is 314 g/mol. The Morgan fingerprint density at radius 2 is 1.78 bits per heavy atom. The Labute approximate surface area is 119 Å². The normalized spacial score (nSPS) is 11.2. The zero-order valence-electron chi connectivity index (χ0n) is 11.4. The molecule has 0 aromatic heterocycles. The van der Waals surface area contributed by atoms with Crippen molar-refractivity contribution in [2.24, 2.45) is 0 Å². The van der Waals surface area contributed by atoms with Gasteiger partial charge in [-0.25, -0.2) is 0 Å². The van der Waals surface area contributed by atoms with E-state index >= 15 is 0 Å². The highest BCUT2D eigenvalue weighted by molar-refractivity contribution is 9.09. The smallest absolute Gasteiger partial charge is 0.119 e. The van der Waals surface area contributed by atoms with Crippen LogP contribution in [0.1, 0.15) is 26.7 Å². The fraction of sp³-hybridized carbons (Fsp3) is 0.600. The minimum Gasteiger partial charge on any atom is -0.494 e. The van der Waals surface area contributed by atoms with Crippen LogP contribution in [0, 0.1) is 0 Å². The van der Waals surface area contributed by atoms with Crippen LogP contribution >= 0.6 is 15.9 Å². The van der Waals surface area contributed by atoms with Crippen molar-refractivity contribution < 1.29 is 4.74 Å². The minimum atomic E-state index is 0.612. The molecule has 0 aliphatic carbocycles. The molecule has 18 heavy (non-hydrogen) atoms. The van der Waals surface area contributed by atoms with Crippen LogP contribution in [0.3, 0.4) is 0 Å². The summed E-state index contributed by atoms with van der Waals surface area (Å²) in [7, 11) is 0. The molecular weight excluding hydrogens is 290 g/mol. The van der Waals surface area contributed by atoms with Gasteiger partial charge in [0.1, 0.15) is 5.75 Å². The van der Waals surface area contributed by atoms with E-state index in [0.717, 1.165) is 37.2 Å². The zero-order chi connectivity index (χ0) is 13.2. The van der Waals surface area contributed by atoms with Gasteiger partial charge in [-0.15, -0.1) is 0 Å². The summed E-state index contributed by atoms with van der Waals surface area (Å²) in [6.45, 7) is 7.58. The molecule has 0 fully saturated rings. The molecule has 0 saturated heterocycles. The molecule has 0 unspecified atom stereocenters. The van der Waals surface area contributed by atoms with E-state index in [9.17, 15) is 0 Å². The summed E-state index contributed by atoms with van der Waals surface area (Å²) in [6.07, 6.45) is 2.28. The summed E-state index contributed by atoms with van der Waals surface area (Å²) in [5, 5.41) is 1.08. The molecule has 0 aliphatic heterocycles. The maximum absolute atomic E-state index is 5.70. The first-order chi connectivity index (χ1) is 8.74. The Kier molecular flexibility index (Phi) is 8.10. The van der Waals surface area contributed by atoms with Crippen LogP contribution in [-0.2, 0) is 0 Å². The number of hydrogen-bond acceptors (Lipinski definition) is 2. The van der Waals surface area contributed by atoms with Crippen LogP contribution in [0.25, 0.3) is 0 Å². The average Bonchev–Trinajstić information content (AvgIpc) is 2.38. The third-order valence-corrected chi connectivity index (χ3v) is 3.47. The summed E-state index contributed by atoms with van der Waals surface area (Å²) in [6, 6.07) is 10.6. The first-order valence-corrected chi connectivity index (χ1v) is 7.84. The van der Waals surface area contributed by atoms with Gasteiger partial charge in [0.2, 0.25) is 0 Å². The fourth-order valence-electron chi connectivity index (χ4n) is 1.87. The van der Waals surface area contributed by atoms with Crippen molar-refractivity contribution in [3.8, 4) is 5.75 Å². The predicted octanol–water partition coefficient (Wildman–Crippen LogP) is 3.95. The zero-order valence-corrected chi connectivity index (χ0v) is 13.0. The number of halogens is 1. The van der Waals surface area contributed by atoms with Gasteiger partial charge < -0.3 is 9.64 Å². The molecule has 1 aromatic rings. The van der Waals surface area contributed by atoms with Crippen LogP contribution in [-0.4, -0.2) is 36.0 Å². The Hall–Kier alpha value is -0.540. The highest BCUT2D eigenvalue weighted by atomic mass is 79.9. The van der Waals surface area contributed by atoms with Gasteiger partial charge in [0.15, 0.2) is 0 Å². The highest BCUT2D eigenvalue weighted by Crippen LogP contribution is 2.09. The molecule has 0 radical (unpaired) electrons. The van der Waals surface area contributed by atoms with Gasteiger partial charge in [0.05, 0.1) is 6.61 Å². The van der Waals surface area contributed by atoms with Crippen molar-refractivity contribution in [3.63, 3.8) is 0 Å². The SMILES string of the molecule is CC(C)N(CCCBr)CCCOc1ccccc1. The van der Waals surface area contributed by atoms with E-state index in [-0.39, 0.29) is 0 Å². The van der Waals surface area contributed by atoms with Gasteiger partial charge in [-0.2, -0.15) is 0 Å². The van der Waals surface area contributed by atoms with Crippen LogP contribution in [0.4, 0.5) is 0 Å². The van der Waals surface area contributed by atoms with E-state index in [0.29, 0.717) is 6.04 Å². The second-order valence-electron chi connectivity index (χ2n) is 4.69. The number of hydrogen-bond donors (Lipinski definition) is 0. The molecule has 0 spiro atoms. The lowest BCUT2D eigenvalue weighted by Gasteiger charge is -2.26. The second-order valence-corrected chi connectivity index (χ2v) is 5.48. The Morgan fingerprint density at radius 1 is 1.11 bits per heavy atom. The van der Waals surface area contributed by atoms with E-state index in [2.05, 4.69) is 34.7 Å². The molecular formula is C15H24BrNO. The van der Waals surface area contributed by atoms with Crippen molar-refractivity contribution in [1.82, 2.24) is 4.90 Å². The molecule has 102 valence electrons. The Bertz CT molecular complexity index is 303. The molecule has 0 atom stereocenters. The standard InChI is InChI=1S/C15H24BrNO/c1-14(2)17(11-6-10-16)12-7-13-18-15-8-4-3-5-9-15/h3-5,8-9,14H,6-7,10-13H2,1-2H3. The molecule has 0 bridgehead atoms. The van der Waals surface area contributed by atoms with Crippen LogP contribution in [0.15, 0.2) is 30.3 Å². The molecule has 2 nitrogen and oxygen atoms in total. The van der Waals surface area contributed by atoms with Crippen molar-refractivity contribution in [3.05, 3.63) is 30.3 Å². The van der Waals surface area contributed by atoms with Crippen LogP contribution < -0.4 is 4.74 Å². The second kappa shape index (κ2) is 9.40. The number of nitrogens with zero attached hydrogens (tertiary/aromatic N) is 1. The molecule has 0 heterocycles. The Morgan fingerprint density at radius 3 is 2.39 bits per heavy atom. The van der Waals surface area contributed by atoms with Gasteiger partial charge in [0.25, 0.3) is 0 Å². The van der Waals surface area contributed by atoms with E-state index in [1.54, 1.807) is 0 Å². The maximum atomic E-state index is 5.70. The molecule has 0 N–H and O–H groups in total. The number of para-hydroxylation sites is 1. The molecule has 1 rings (SSSR count). The lowest BCUT2D eigenvalue weighted by atomic mass is 10.2. The summed E-state index contributed by atoms with van der Waals surface area (Å²) < 4.78 is 5.70. The van der Waals surface area contributed by atoms with Crippen molar-refractivity contribution in [1.29, 1.82) is 0 Å². The fourth-order valence-corrected chi connectivity index (χ4v) is 2.12. The van der Waals surface area contributed by atoms with Crippen molar-refractivity contribution in [2.45, 2.75) is 32.7 Å². The summed E-state index contributed by atoms with van der Waals surface area (Å²) >= 11 is 3.49. The van der Waals surface area contributed by atoms with E-state index in [1.165, 1.54) is 6.42 Å². The van der Waals surface area contributed by atoms with E-state index in [1.807, 2.05) is 30.3 Å². The Balaban J connectivity index is 2.18. The largest absolute Gasteiger partial charge is 0.494 e. The van der Waals surface area contributed by atoms with Gasteiger partial charge >= 0.3 is 0 Å².